The van der Waals surface area contributed by atoms with E-state index in [1.807, 2.05) is 24.3 Å². The zero-order valence-corrected chi connectivity index (χ0v) is 14.8. The molecule has 1 heterocycles. The number of methoxy groups -OCH3 is 1. The highest BCUT2D eigenvalue weighted by Crippen LogP contribution is 2.18. The molecule has 0 bridgehead atoms. The Balaban J connectivity index is 1.69. The van der Waals surface area contributed by atoms with Gasteiger partial charge in [0.15, 0.2) is 0 Å². The lowest BCUT2D eigenvalue weighted by Gasteiger charge is -2.27. The summed E-state index contributed by atoms with van der Waals surface area (Å²) in [6.07, 6.45) is 0.798. The molecule has 0 radical (unpaired) electrons. The molecular formula is C21H26N2O2. The Labute approximate surface area is 150 Å². The molecule has 1 saturated heterocycles. The van der Waals surface area contributed by atoms with Gasteiger partial charge in [-0.1, -0.05) is 60.7 Å². The quantitative estimate of drug-likeness (QED) is 0.785. The fourth-order valence-electron chi connectivity index (χ4n) is 3.43. The van der Waals surface area contributed by atoms with Gasteiger partial charge in [-0.3, -0.25) is 14.6 Å². The van der Waals surface area contributed by atoms with Crippen LogP contribution >= 0.6 is 0 Å². The Kier molecular flexibility index (Phi) is 6.20. The van der Waals surface area contributed by atoms with Gasteiger partial charge in [0.1, 0.15) is 6.04 Å². The summed E-state index contributed by atoms with van der Waals surface area (Å²) in [4.78, 5) is 17.0. The van der Waals surface area contributed by atoms with Gasteiger partial charge in [-0.25, -0.2) is 0 Å². The molecule has 2 aromatic carbocycles. The predicted octanol–water partition coefficient (Wildman–Crippen LogP) is 2.94. The first-order valence-corrected chi connectivity index (χ1v) is 8.88. The molecule has 0 aliphatic carbocycles. The largest absolute Gasteiger partial charge is 0.468 e. The van der Waals surface area contributed by atoms with Crippen molar-refractivity contribution in [2.24, 2.45) is 0 Å². The fourth-order valence-corrected chi connectivity index (χ4v) is 3.43. The van der Waals surface area contributed by atoms with Crippen molar-refractivity contribution in [2.45, 2.75) is 25.6 Å². The average molecular weight is 338 g/mol. The zero-order valence-electron chi connectivity index (χ0n) is 14.8. The van der Waals surface area contributed by atoms with Gasteiger partial charge < -0.3 is 4.74 Å². The Bertz CT molecular complexity index is 660. The highest BCUT2D eigenvalue weighted by Gasteiger charge is 2.30. The van der Waals surface area contributed by atoms with E-state index in [0.717, 1.165) is 39.1 Å². The molecular weight excluding hydrogens is 312 g/mol. The van der Waals surface area contributed by atoms with Gasteiger partial charge in [0.25, 0.3) is 0 Å². The maximum absolute atomic E-state index is 12.3. The SMILES string of the molecule is COC(=O)[C@@H]1CCN(Cc2ccccc2)CCN1Cc1ccccc1. The van der Waals surface area contributed by atoms with Crippen LogP contribution in [0.3, 0.4) is 0 Å². The van der Waals surface area contributed by atoms with Gasteiger partial charge >= 0.3 is 5.97 Å². The molecule has 0 aromatic heterocycles. The van der Waals surface area contributed by atoms with Crippen molar-refractivity contribution in [3.8, 4) is 0 Å². The number of hydrogen-bond donors (Lipinski definition) is 0. The number of ether oxygens (including phenoxy) is 1. The topological polar surface area (TPSA) is 32.8 Å². The molecule has 1 atom stereocenters. The summed E-state index contributed by atoms with van der Waals surface area (Å²) >= 11 is 0. The molecule has 1 aliphatic heterocycles. The molecule has 0 saturated carbocycles. The summed E-state index contributed by atoms with van der Waals surface area (Å²) in [6.45, 7) is 4.42. The lowest BCUT2D eigenvalue weighted by atomic mass is 10.1. The highest BCUT2D eigenvalue weighted by atomic mass is 16.5. The highest BCUT2D eigenvalue weighted by molar-refractivity contribution is 5.75. The first kappa shape index (κ1) is 17.6. The number of nitrogens with zero attached hydrogens (tertiary/aromatic N) is 2. The summed E-state index contributed by atoms with van der Waals surface area (Å²) in [5.41, 5.74) is 2.54. The number of esters is 1. The van der Waals surface area contributed by atoms with E-state index in [4.69, 9.17) is 4.74 Å². The molecule has 0 N–H and O–H groups in total. The van der Waals surface area contributed by atoms with Crippen LogP contribution in [0, 0.1) is 0 Å². The number of hydrogen-bond acceptors (Lipinski definition) is 4. The second-order valence-electron chi connectivity index (χ2n) is 6.55. The molecule has 25 heavy (non-hydrogen) atoms. The molecule has 0 amide bonds. The first-order chi connectivity index (χ1) is 12.3. The van der Waals surface area contributed by atoms with Crippen molar-refractivity contribution in [2.75, 3.05) is 26.7 Å². The fraction of sp³-hybridized carbons (Fsp3) is 0.381. The molecule has 0 unspecified atom stereocenters. The van der Waals surface area contributed by atoms with Crippen LogP contribution in [0.25, 0.3) is 0 Å². The Morgan fingerprint density at radius 2 is 1.52 bits per heavy atom. The number of benzene rings is 2. The van der Waals surface area contributed by atoms with Gasteiger partial charge in [-0.05, 0) is 17.5 Å². The van der Waals surface area contributed by atoms with Crippen LogP contribution in [0.1, 0.15) is 17.5 Å². The van der Waals surface area contributed by atoms with Crippen molar-refractivity contribution in [3.05, 3.63) is 71.8 Å². The van der Waals surface area contributed by atoms with E-state index in [2.05, 4.69) is 46.2 Å². The van der Waals surface area contributed by atoms with Crippen LogP contribution < -0.4 is 0 Å². The Morgan fingerprint density at radius 3 is 2.12 bits per heavy atom. The Morgan fingerprint density at radius 1 is 0.920 bits per heavy atom. The maximum atomic E-state index is 12.3. The standard InChI is InChI=1S/C21H26N2O2/c1-25-21(24)20-12-13-22(16-18-8-4-2-5-9-18)14-15-23(20)17-19-10-6-3-7-11-19/h2-11,20H,12-17H2,1H3/t20-/m0/s1. The average Bonchev–Trinajstić information content (AvgIpc) is 2.85. The molecule has 4 heteroatoms. The second kappa shape index (κ2) is 8.79. The number of carbonyl (C=O) groups is 1. The smallest absolute Gasteiger partial charge is 0.323 e. The number of rotatable bonds is 5. The van der Waals surface area contributed by atoms with E-state index in [-0.39, 0.29) is 12.0 Å². The van der Waals surface area contributed by atoms with Gasteiger partial charge in [0.05, 0.1) is 7.11 Å². The van der Waals surface area contributed by atoms with Crippen LogP contribution in [0.4, 0.5) is 0 Å². The third kappa shape index (κ3) is 4.91. The molecule has 2 aromatic rings. The lowest BCUT2D eigenvalue weighted by molar-refractivity contribution is -0.147. The Hall–Kier alpha value is -2.17. The summed E-state index contributed by atoms with van der Waals surface area (Å²) in [7, 11) is 1.48. The van der Waals surface area contributed by atoms with Crippen molar-refractivity contribution in [1.82, 2.24) is 9.80 Å². The minimum atomic E-state index is -0.175. The lowest BCUT2D eigenvalue weighted by Crippen LogP contribution is -2.41. The normalized spacial score (nSPS) is 19.3. The van der Waals surface area contributed by atoms with E-state index in [9.17, 15) is 4.79 Å². The van der Waals surface area contributed by atoms with Gasteiger partial charge in [0, 0.05) is 32.7 Å². The zero-order chi connectivity index (χ0) is 17.5. The third-order valence-electron chi connectivity index (χ3n) is 4.81. The van der Waals surface area contributed by atoms with Crippen molar-refractivity contribution in [3.63, 3.8) is 0 Å². The van der Waals surface area contributed by atoms with Crippen LogP contribution in [0.2, 0.25) is 0 Å². The van der Waals surface area contributed by atoms with E-state index in [0.29, 0.717) is 0 Å². The predicted molar refractivity (Wildman–Crippen MR) is 99.0 cm³/mol. The van der Waals surface area contributed by atoms with Crippen molar-refractivity contribution < 1.29 is 9.53 Å². The molecule has 0 spiro atoms. The molecule has 132 valence electrons. The van der Waals surface area contributed by atoms with Crippen molar-refractivity contribution in [1.29, 1.82) is 0 Å². The summed E-state index contributed by atoms with van der Waals surface area (Å²) < 4.78 is 5.07. The number of carbonyl (C=O) groups excluding carboxylic acids is 1. The minimum Gasteiger partial charge on any atom is -0.468 e. The van der Waals surface area contributed by atoms with Gasteiger partial charge in [0.2, 0.25) is 0 Å². The second-order valence-corrected chi connectivity index (χ2v) is 6.55. The molecule has 3 rings (SSSR count). The third-order valence-corrected chi connectivity index (χ3v) is 4.81. The molecule has 1 aliphatic rings. The van der Waals surface area contributed by atoms with Crippen LogP contribution in [0.15, 0.2) is 60.7 Å². The van der Waals surface area contributed by atoms with Gasteiger partial charge in [-0.2, -0.15) is 0 Å². The van der Waals surface area contributed by atoms with Crippen LogP contribution in [0.5, 0.6) is 0 Å². The summed E-state index contributed by atoms with van der Waals surface area (Å²) in [5, 5.41) is 0. The summed E-state index contributed by atoms with van der Waals surface area (Å²) in [5.74, 6) is -0.127. The molecule has 1 fully saturated rings. The van der Waals surface area contributed by atoms with Crippen molar-refractivity contribution >= 4 is 5.97 Å². The van der Waals surface area contributed by atoms with Gasteiger partial charge in [-0.15, -0.1) is 0 Å². The minimum absolute atomic E-state index is 0.127. The van der Waals surface area contributed by atoms with Crippen LogP contribution in [-0.4, -0.2) is 48.6 Å². The molecule has 4 nitrogen and oxygen atoms in total. The maximum Gasteiger partial charge on any atom is 0.323 e. The van der Waals surface area contributed by atoms with E-state index in [1.54, 1.807) is 0 Å². The summed E-state index contributed by atoms with van der Waals surface area (Å²) in [6, 6.07) is 20.7. The first-order valence-electron chi connectivity index (χ1n) is 8.88. The van der Waals surface area contributed by atoms with Crippen LogP contribution in [-0.2, 0) is 22.6 Å². The van der Waals surface area contributed by atoms with E-state index in [1.165, 1.54) is 18.2 Å². The van der Waals surface area contributed by atoms with E-state index >= 15 is 0 Å². The monoisotopic (exact) mass is 338 g/mol. The van der Waals surface area contributed by atoms with E-state index < -0.39 is 0 Å².